The summed E-state index contributed by atoms with van der Waals surface area (Å²) in [4.78, 5) is 12.1. The predicted molar refractivity (Wildman–Crippen MR) is 86.6 cm³/mol. The van der Waals surface area contributed by atoms with Crippen molar-refractivity contribution in [1.82, 2.24) is 5.32 Å². The maximum Gasteiger partial charge on any atom is 0.252 e. The Morgan fingerprint density at radius 1 is 1.44 bits per heavy atom. The van der Waals surface area contributed by atoms with Crippen LogP contribution >= 0.6 is 46.0 Å². The lowest BCUT2D eigenvalue weighted by molar-refractivity contribution is 0.0945. The number of thioether (sulfide) groups is 1. The van der Waals surface area contributed by atoms with Crippen LogP contribution in [0.2, 0.25) is 5.02 Å². The lowest BCUT2D eigenvalue weighted by atomic mass is 10.0. The lowest BCUT2D eigenvalue weighted by Crippen LogP contribution is -2.31. The van der Waals surface area contributed by atoms with Gasteiger partial charge in [-0.3, -0.25) is 4.79 Å². The molecule has 0 radical (unpaired) electrons. The van der Waals surface area contributed by atoms with Crippen LogP contribution in [0.1, 0.15) is 23.2 Å². The molecule has 1 heterocycles. The topological polar surface area (TPSA) is 29.1 Å². The zero-order chi connectivity index (χ0) is 13.0. The van der Waals surface area contributed by atoms with Crippen LogP contribution in [0.5, 0.6) is 0 Å². The van der Waals surface area contributed by atoms with Crippen LogP contribution in [-0.2, 0) is 0 Å². The van der Waals surface area contributed by atoms with Gasteiger partial charge in [0.15, 0.2) is 0 Å². The third-order valence-corrected chi connectivity index (χ3v) is 5.29. The summed E-state index contributed by atoms with van der Waals surface area (Å²) in [6.45, 7) is 0.780. The highest BCUT2D eigenvalue weighted by Crippen LogP contribution is 2.22. The smallest absolute Gasteiger partial charge is 0.252 e. The third-order valence-electron chi connectivity index (χ3n) is 3.07. The van der Waals surface area contributed by atoms with Crippen molar-refractivity contribution in [3.63, 3.8) is 0 Å². The Hall–Kier alpha value is 0.0600. The van der Waals surface area contributed by atoms with Gasteiger partial charge in [0, 0.05) is 15.1 Å². The minimum atomic E-state index is -0.0138. The number of nitrogens with one attached hydrogen (secondary N) is 1. The van der Waals surface area contributed by atoms with Gasteiger partial charge in [-0.05, 0) is 71.1 Å². The lowest BCUT2D eigenvalue weighted by Gasteiger charge is -2.21. The van der Waals surface area contributed by atoms with E-state index in [0.717, 1.165) is 10.1 Å². The molecule has 1 aliphatic rings. The molecular formula is C13H15ClINOS. The van der Waals surface area contributed by atoms with Crippen molar-refractivity contribution in [3.05, 3.63) is 32.4 Å². The van der Waals surface area contributed by atoms with Crippen LogP contribution in [0.3, 0.4) is 0 Å². The monoisotopic (exact) mass is 395 g/mol. The van der Waals surface area contributed by atoms with E-state index in [0.29, 0.717) is 16.5 Å². The Balaban J connectivity index is 1.92. The minimum absolute atomic E-state index is 0.0138. The van der Waals surface area contributed by atoms with E-state index in [1.165, 1.54) is 24.3 Å². The molecule has 1 aromatic rings. The van der Waals surface area contributed by atoms with Crippen molar-refractivity contribution in [2.24, 2.45) is 5.92 Å². The highest BCUT2D eigenvalue weighted by molar-refractivity contribution is 14.1. The molecule has 18 heavy (non-hydrogen) atoms. The van der Waals surface area contributed by atoms with Gasteiger partial charge >= 0.3 is 0 Å². The van der Waals surface area contributed by atoms with Gasteiger partial charge in [-0.1, -0.05) is 11.6 Å². The van der Waals surface area contributed by atoms with Gasteiger partial charge in [0.05, 0.1) is 5.56 Å². The molecule has 0 atom stereocenters. The van der Waals surface area contributed by atoms with E-state index in [1.54, 1.807) is 12.1 Å². The fourth-order valence-electron chi connectivity index (χ4n) is 1.95. The molecule has 0 unspecified atom stereocenters. The molecule has 0 bridgehead atoms. The van der Waals surface area contributed by atoms with Crippen molar-refractivity contribution < 1.29 is 4.79 Å². The average molecular weight is 396 g/mol. The Labute approximate surface area is 130 Å². The number of halogens is 2. The summed E-state index contributed by atoms with van der Waals surface area (Å²) in [5.74, 6) is 3.05. The minimum Gasteiger partial charge on any atom is -0.352 e. The molecule has 1 aromatic carbocycles. The van der Waals surface area contributed by atoms with Crippen molar-refractivity contribution in [3.8, 4) is 0 Å². The molecule has 0 spiro atoms. The van der Waals surface area contributed by atoms with Crippen molar-refractivity contribution in [2.75, 3.05) is 18.1 Å². The largest absolute Gasteiger partial charge is 0.352 e. The van der Waals surface area contributed by atoms with Crippen molar-refractivity contribution in [2.45, 2.75) is 12.8 Å². The number of benzene rings is 1. The fourth-order valence-corrected chi connectivity index (χ4v) is 3.91. The summed E-state index contributed by atoms with van der Waals surface area (Å²) >= 11 is 10.1. The second kappa shape index (κ2) is 7.01. The number of rotatable bonds is 3. The molecule has 1 fully saturated rings. The Bertz CT molecular complexity index is 435. The quantitative estimate of drug-likeness (QED) is 0.788. The first-order valence-electron chi connectivity index (χ1n) is 5.98. The Morgan fingerprint density at radius 3 is 2.89 bits per heavy atom. The number of hydrogen-bond donors (Lipinski definition) is 1. The molecule has 2 nitrogen and oxygen atoms in total. The molecule has 5 heteroatoms. The average Bonchev–Trinajstić information content (AvgIpc) is 2.40. The van der Waals surface area contributed by atoms with E-state index < -0.39 is 0 Å². The van der Waals surface area contributed by atoms with Gasteiger partial charge < -0.3 is 5.32 Å². The maximum atomic E-state index is 12.1. The number of amides is 1. The molecule has 0 saturated carbocycles. The van der Waals surface area contributed by atoms with Gasteiger partial charge in [0.1, 0.15) is 0 Å². The molecule has 1 saturated heterocycles. The molecule has 98 valence electrons. The van der Waals surface area contributed by atoms with E-state index in [-0.39, 0.29) is 5.91 Å². The summed E-state index contributed by atoms with van der Waals surface area (Å²) in [6.07, 6.45) is 2.41. The molecule has 0 aliphatic carbocycles. The first-order valence-corrected chi connectivity index (χ1v) is 8.59. The Kier molecular flexibility index (Phi) is 5.63. The zero-order valence-corrected chi connectivity index (χ0v) is 13.6. The van der Waals surface area contributed by atoms with Gasteiger partial charge in [0.25, 0.3) is 5.91 Å². The number of carbonyl (C=O) groups is 1. The van der Waals surface area contributed by atoms with Gasteiger partial charge in [0.2, 0.25) is 0 Å². The summed E-state index contributed by atoms with van der Waals surface area (Å²) in [7, 11) is 0. The normalized spacial score (nSPS) is 16.6. The number of hydrogen-bond acceptors (Lipinski definition) is 2. The third kappa shape index (κ3) is 4.03. The van der Waals surface area contributed by atoms with Gasteiger partial charge in [-0.25, -0.2) is 0 Å². The fraction of sp³-hybridized carbons (Fsp3) is 0.462. The molecule has 1 N–H and O–H groups in total. The van der Waals surface area contributed by atoms with Crippen LogP contribution in [-0.4, -0.2) is 24.0 Å². The highest BCUT2D eigenvalue weighted by Gasteiger charge is 2.16. The molecule has 1 amide bonds. The summed E-state index contributed by atoms with van der Waals surface area (Å²) in [5.41, 5.74) is 0.674. The van der Waals surface area contributed by atoms with Gasteiger partial charge in [-0.15, -0.1) is 0 Å². The van der Waals surface area contributed by atoms with Crippen LogP contribution in [0, 0.1) is 9.49 Å². The van der Waals surface area contributed by atoms with Crippen molar-refractivity contribution >= 4 is 51.9 Å². The summed E-state index contributed by atoms with van der Waals surface area (Å²) in [6, 6.07) is 5.41. The molecule has 2 rings (SSSR count). The van der Waals surface area contributed by atoms with E-state index >= 15 is 0 Å². The van der Waals surface area contributed by atoms with E-state index in [4.69, 9.17) is 11.6 Å². The predicted octanol–water partition coefficient (Wildman–Crippen LogP) is 3.82. The molecule has 1 aliphatic heterocycles. The standard InChI is InChI=1S/C13H15ClINOS/c14-10-1-2-12(15)11(7-10)13(17)16-8-9-3-5-18-6-4-9/h1-2,7,9H,3-6,8H2,(H,16,17). The summed E-state index contributed by atoms with van der Waals surface area (Å²) < 4.78 is 0.939. The molecular weight excluding hydrogens is 381 g/mol. The highest BCUT2D eigenvalue weighted by atomic mass is 127. The van der Waals surface area contributed by atoms with Crippen LogP contribution in [0.4, 0.5) is 0 Å². The van der Waals surface area contributed by atoms with E-state index in [1.807, 2.05) is 17.8 Å². The molecule has 0 aromatic heterocycles. The van der Waals surface area contributed by atoms with E-state index in [2.05, 4.69) is 27.9 Å². The van der Waals surface area contributed by atoms with Crippen molar-refractivity contribution in [1.29, 1.82) is 0 Å². The maximum absolute atomic E-state index is 12.1. The Morgan fingerprint density at radius 2 is 2.17 bits per heavy atom. The summed E-state index contributed by atoms with van der Waals surface area (Å²) in [5, 5.41) is 3.63. The zero-order valence-electron chi connectivity index (χ0n) is 9.92. The van der Waals surface area contributed by atoms with Crippen LogP contribution in [0.15, 0.2) is 18.2 Å². The number of carbonyl (C=O) groups excluding carboxylic acids is 1. The first-order chi connectivity index (χ1) is 8.66. The first kappa shape index (κ1) is 14.5. The van der Waals surface area contributed by atoms with Gasteiger partial charge in [-0.2, -0.15) is 11.8 Å². The van der Waals surface area contributed by atoms with E-state index in [9.17, 15) is 4.79 Å². The second-order valence-electron chi connectivity index (χ2n) is 4.39. The second-order valence-corrected chi connectivity index (χ2v) is 7.21. The van der Waals surface area contributed by atoms with Crippen LogP contribution < -0.4 is 5.32 Å². The SMILES string of the molecule is O=C(NCC1CCSCC1)c1cc(Cl)ccc1I. The van der Waals surface area contributed by atoms with Crippen LogP contribution in [0.25, 0.3) is 0 Å².